The van der Waals surface area contributed by atoms with Crippen LogP contribution in [0, 0.1) is 0 Å². The second kappa shape index (κ2) is 5.49. The van der Waals surface area contributed by atoms with Crippen molar-refractivity contribution >= 4 is 43.5 Å². The Morgan fingerprint density at radius 1 is 1.56 bits per heavy atom. The Balaban J connectivity index is 2.90. The number of nitrogens with two attached hydrogens (primary N) is 1. The number of pyridine rings is 1. The highest BCUT2D eigenvalue weighted by molar-refractivity contribution is 9.11. The molecule has 0 fully saturated rings. The number of halogens is 2. The molecule has 0 radical (unpaired) electrons. The standard InChI is InChI=1S/C9H10Br2N2O3/c1-4(9(14)15-2)16-8-6(11)7(12)5(10)3-13-8/h3-4H,1-2H3,(H2,12,13)/t4-/m1/s1. The molecule has 0 amide bonds. The summed E-state index contributed by atoms with van der Waals surface area (Å²) in [5.41, 5.74) is 6.20. The molecule has 1 atom stereocenters. The number of methoxy groups -OCH3 is 1. The van der Waals surface area contributed by atoms with E-state index in [1.54, 1.807) is 6.92 Å². The van der Waals surface area contributed by atoms with Gasteiger partial charge in [0.2, 0.25) is 5.88 Å². The summed E-state index contributed by atoms with van der Waals surface area (Å²) in [4.78, 5) is 15.1. The largest absolute Gasteiger partial charge is 0.466 e. The molecule has 0 aliphatic heterocycles. The molecule has 0 aliphatic carbocycles. The van der Waals surface area contributed by atoms with E-state index < -0.39 is 12.1 Å². The third kappa shape index (κ3) is 2.85. The third-order valence-corrected chi connectivity index (χ3v) is 3.20. The first-order chi connectivity index (χ1) is 7.47. The molecule has 0 unspecified atom stereocenters. The molecule has 16 heavy (non-hydrogen) atoms. The fourth-order valence-corrected chi connectivity index (χ4v) is 1.90. The number of anilines is 1. The number of hydrogen-bond donors (Lipinski definition) is 1. The molecule has 1 aromatic heterocycles. The maximum atomic E-state index is 11.1. The number of nitrogen functional groups attached to an aromatic ring is 1. The number of esters is 1. The summed E-state index contributed by atoms with van der Waals surface area (Å²) < 4.78 is 11.0. The molecule has 0 saturated carbocycles. The van der Waals surface area contributed by atoms with E-state index in [9.17, 15) is 4.79 Å². The zero-order valence-electron chi connectivity index (χ0n) is 8.66. The Labute approximate surface area is 110 Å². The molecule has 0 saturated heterocycles. The molecule has 2 N–H and O–H groups in total. The van der Waals surface area contributed by atoms with Gasteiger partial charge in [0.1, 0.15) is 4.47 Å². The number of ether oxygens (including phenoxy) is 2. The molecule has 7 heteroatoms. The van der Waals surface area contributed by atoms with Crippen molar-refractivity contribution in [2.45, 2.75) is 13.0 Å². The fraction of sp³-hybridized carbons (Fsp3) is 0.333. The van der Waals surface area contributed by atoms with Crippen LogP contribution in [0.1, 0.15) is 6.92 Å². The Bertz CT molecular complexity index is 412. The van der Waals surface area contributed by atoms with E-state index in [2.05, 4.69) is 41.6 Å². The van der Waals surface area contributed by atoms with Crippen LogP contribution < -0.4 is 10.5 Å². The zero-order valence-corrected chi connectivity index (χ0v) is 11.8. The van der Waals surface area contributed by atoms with Crippen molar-refractivity contribution in [1.82, 2.24) is 4.98 Å². The topological polar surface area (TPSA) is 74.4 Å². The highest BCUT2D eigenvalue weighted by Gasteiger charge is 2.18. The van der Waals surface area contributed by atoms with Crippen LogP contribution >= 0.6 is 31.9 Å². The van der Waals surface area contributed by atoms with Gasteiger partial charge < -0.3 is 15.2 Å². The van der Waals surface area contributed by atoms with E-state index in [4.69, 9.17) is 10.5 Å². The first kappa shape index (κ1) is 13.2. The molecule has 0 bridgehead atoms. The highest BCUT2D eigenvalue weighted by atomic mass is 79.9. The average Bonchev–Trinajstić information content (AvgIpc) is 2.28. The summed E-state index contributed by atoms with van der Waals surface area (Å²) >= 11 is 6.46. The lowest BCUT2D eigenvalue weighted by molar-refractivity contribution is -0.148. The van der Waals surface area contributed by atoms with E-state index in [1.165, 1.54) is 13.3 Å². The lowest BCUT2D eigenvalue weighted by Crippen LogP contribution is -2.25. The molecule has 0 aliphatic rings. The molecule has 0 aromatic carbocycles. The second-order valence-corrected chi connectivity index (χ2v) is 4.57. The first-order valence-corrected chi connectivity index (χ1v) is 5.90. The predicted octanol–water partition coefficient (Wildman–Crippen LogP) is 2.13. The van der Waals surface area contributed by atoms with E-state index in [0.29, 0.717) is 14.6 Å². The number of hydrogen-bond acceptors (Lipinski definition) is 5. The van der Waals surface area contributed by atoms with Gasteiger partial charge in [0.25, 0.3) is 0 Å². The molecule has 1 rings (SSSR count). The van der Waals surface area contributed by atoms with Gasteiger partial charge in [-0.2, -0.15) is 0 Å². The van der Waals surface area contributed by atoms with Crippen LogP contribution in [-0.2, 0) is 9.53 Å². The monoisotopic (exact) mass is 352 g/mol. The van der Waals surface area contributed by atoms with Crippen LogP contribution in [0.25, 0.3) is 0 Å². The van der Waals surface area contributed by atoms with Gasteiger partial charge in [0.15, 0.2) is 6.10 Å². The lowest BCUT2D eigenvalue weighted by Gasteiger charge is -2.13. The van der Waals surface area contributed by atoms with Gasteiger partial charge in [0.05, 0.1) is 17.3 Å². The van der Waals surface area contributed by atoms with E-state index in [0.717, 1.165) is 0 Å². The van der Waals surface area contributed by atoms with Gasteiger partial charge in [0, 0.05) is 6.20 Å². The quantitative estimate of drug-likeness (QED) is 0.842. The van der Waals surface area contributed by atoms with Crippen molar-refractivity contribution in [2.75, 3.05) is 12.8 Å². The van der Waals surface area contributed by atoms with Crippen LogP contribution in [-0.4, -0.2) is 24.2 Å². The van der Waals surface area contributed by atoms with E-state index in [-0.39, 0.29) is 5.88 Å². The van der Waals surface area contributed by atoms with Gasteiger partial charge in [-0.1, -0.05) is 0 Å². The minimum Gasteiger partial charge on any atom is -0.466 e. The number of nitrogens with zero attached hydrogens (tertiary/aromatic N) is 1. The Morgan fingerprint density at radius 2 is 2.19 bits per heavy atom. The molecule has 88 valence electrons. The summed E-state index contributed by atoms with van der Waals surface area (Å²) in [6, 6.07) is 0. The maximum absolute atomic E-state index is 11.1. The van der Waals surface area contributed by atoms with Gasteiger partial charge >= 0.3 is 5.97 Å². The number of rotatable bonds is 3. The van der Waals surface area contributed by atoms with Gasteiger partial charge in [-0.15, -0.1) is 0 Å². The lowest BCUT2D eigenvalue weighted by atomic mass is 10.4. The molecule has 0 spiro atoms. The SMILES string of the molecule is COC(=O)[C@@H](C)Oc1ncc(Br)c(N)c1Br. The first-order valence-electron chi connectivity index (χ1n) is 4.31. The predicted molar refractivity (Wildman–Crippen MR) is 66.2 cm³/mol. The second-order valence-electron chi connectivity index (χ2n) is 2.92. The van der Waals surface area contributed by atoms with Gasteiger partial charge in [-0.3, -0.25) is 0 Å². The number of carbonyl (C=O) groups excluding carboxylic acids is 1. The molecular weight excluding hydrogens is 344 g/mol. The summed E-state index contributed by atoms with van der Waals surface area (Å²) in [6.07, 6.45) is 0.758. The van der Waals surface area contributed by atoms with Crippen molar-refractivity contribution in [3.63, 3.8) is 0 Å². The summed E-state index contributed by atoms with van der Waals surface area (Å²) in [7, 11) is 1.29. The Kier molecular flexibility index (Phi) is 4.55. The normalized spacial score (nSPS) is 12.0. The van der Waals surface area contributed by atoms with Crippen molar-refractivity contribution in [2.24, 2.45) is 0 Å². The van der Waals surface area contributed by atoms with Crippen molar-refractivity contribution < 1.29 is 14.3 Å². The third-order valence-electron chi connectivity index (χ3n) is 1.80. The highest BCUT2D eigenvalue weighted by Crippen LogP contribution is 2.34. The van der Waals surface area contributed by atoms with Crippen LogP contribution in [0.15, 0.2) is 15.1 Å². The van der Waals surface area contributed by atoms with Crippen LogP contribution in [0.5, 0.6) is 5.88 Å². The zero-order chi connectivity index (χ0) is 12.3. The summed E-state index contributed by atoms with van der Waals surface area (Å²) in [5, 5.41) is 0. The number of carbonyl (C=O) groups is 1. The summed E-state index contributed by atoms with van der Waals surface area (Å²) in [5.74, 6) is -0.228. The molecule has 1 aromatic rings. The fourth-order valence-electron chi connectivity index (χ4n) is 0.925. The van der Waals surface area contributed by atoms with E-state index in [1.807, 2.05) is 0 Å². The molecule has 5 nitrogen and oxygen atoms in total. The number of aromatic nitrogens is 1. The van der Waals surface area contributed by atoms with Gasteiger partial charge in [-0.05, 0) is 38.8 Å². The van der Waals surface area contributed by atoms with Crippen LogP contribution in [0.3, 0.4) is 0 Å². The minimum atomic E-state index is -0.741. The minimum absolute atomic E-state index is 0.249. The van der Waals surface area contributed by atoms with Crippen molar-refractivity contribution in [3.05, 3.63) is 15.1 Å². The van der Waals surface area contributed by atoms with Crippen molar-refractivity contribution in [3.8, 4) is 5.88 Å². The summed E-state index contributed by atoms with van der Waals surface area (Å²) in [6.45, 7) is 1.57. The average molecular weight is 354 g/mol. The van der Waals surface area contributed by atoms with Crippen molar-refractivity contribution in [1.29, 1.82) is 0 Å². The van der Waals surface area contributed by atoms with Crippen LogP contribution in [0.4, 0.5) is 5.69 Å². The molecule has 1 heterocycles. The Morgan fingerprint density at radius 3 is 2.75 bits per heavy atom. The van der Waals surface area contributed by atoms with E-state index >= 15 is 0 Å². The van der Waals surface area contributed by atoms with Gasteiger partial charge in [-0.25, -0.2) is 9.78 Å². The molecular formula is C9H10Br2N2O3. The van der Waals surface area contributed by atoms with Crippen LogP contribution in [0.2, 0.25) is 0 Å². The maximum Gasteiger partial charge on any atom is 0.346 e. The Hall–Kier alpha value is -0.820. The smallest absolute Gasteiger partial charge is 0.346 e.